The number of aromatic nitrogens is 2. The highest BCUT2D eigenvalue weighted by molar-refractivity contribution is 6.27. The molecule has 1 fully saturated rings. The van der Waals surface area contributed by atoms with Crippen molar-refractivity contribution in [2.45, 2.75) is 13.8 Å². The Morgan fingerprint density at radius 3 is 2.86 bits per heavy atom. The van der Waals surface area contributed by atoms with E-state index in [1.54, 1.807) is 43.6 Å². The number of fused-ring (bicyclic) bond motifs is 1. The summed E-state index contributed by atoms with van der Waals surface area (Å²) in [6.45, 7) is 3.81. The Morgan fingerprint density at radius 1 is 1.31 bits per heavy atom. The van der Waals surface area contributed by atoms with Crippen LogP contribution in [0.5, 0.6) is 0 Å². The number of rotatable bonds is 4. The van der Waals surface area contributed by atoms with Crippen molar-refractivity contribution in [2.24, 2.45) is 10.9 Å². The average Bonchev–Trinajstić information content (AvgIpc) is 3.25. The predicted octanol–water partition coefficient (Wildman–Crippen LogP) is 3.72. The fourth-order valence-corrected chi connectivity index (χ4v) is 3.08. The topological polar surface area (TPSA) is 93.6 Å². The molecule has 0 radical (unpaired) electrons. The quantitative estimate of drug-likeness (QED) is 0.417. The Bertz CT molecular complexity index is 1140. The lowest BCUT2D eigenvalue weighted by atomic mass is 10.0. The van der Waals surface area contributed by atoms with Crippen LogP contribution < -0.4 is 0 Å². The SMILES string of the molecule is CCOC(=O)C1C(=O)/C(=C/c2c[nH]c3ncccc23)OC1=Nc1ccc(C)cc1. The summed E-state index contributed by atoms with van der Waals surface area (Å²) in [6, 6.07) is 11.1. The molecule has 1 unspecified atom stereocenters. The molecule has 1 atom stereocenters. The second kappa shape index (κ2) is 7.71. The molecule has 3 aromatic rings. The molecule has 29 heavy (non-hydrogen) atoms. The number of nitrogens with one attached hydrogen (secondary N) is 1. The van der Waals surface area contributed by atoms with Gasteiger partial charge in [0.25, 0.3) is 0 Å². The number of nitrogens with zero attached hydrogens (tertiary/aromatic N) is 2. The molecule has 1 saturated heterocycles. The minimum absolute atomic E-state index is 0.0153. The predicted molar refractivity (Wildman–Crippen MR) is 109 cm³/mol. The van der Waals surface area contributed by atoms with Crippen LogP contribution in [0.1, 0.15) is 18.1 Å². The van der Waals surface area contributed by atoms with Gasteiger partial charge in [-0.3, -0.25) is 9.59 Å². The molecule has 1 N–H and O–H groups in total. The summed E-state index contributed by atoms with van der Waals surface area (Å²) in [5.74, 6) is -2.31. The molecular formula is C22H19N3O4. The lowest BCUT2D eigenvalue weighted by molar-refractivity contribution is -0.147. The van der Waals surface area contributed by atoms with Gasteiger partial charge in [0, 0.05) is 23.3 Å². The van der Waals surface area contributed by atoms with Crippen LogP contribution in [0.3, 0.4) is 0 Å². The number of Topliss-reactive ketones (excluding diaryl/α,β-unsaturated/α-hetero) is 1. The zero-order valence-corrected chi connectivity index (χ0v) is 16.0. The van der Waals surface area contributed by atoms with Gasteiger partial charge in [-0.2, -0.15) is 0 Å². The van der Waals surface area contributed by atoms with Crippen molar-refractivity contribution < 1.29 is 19.1 Å². The van der Waals surface area contributed by atoms with Crippen LogP contribution in [0.15, 0.2) is 59.5 Å². The summed E-state index contributed by atoms with van der Waals surface area (Å²) >= 11 is 0. The normalized spacial score (nSPS) is 19.1. The van der Waals surface area contributed by atoms with E-state index < -0.39 is 17.7 Å². The van der Waals surface area contributed by atoms with E-state index in [2.05, 4.69) is 15.0 Å². The van der Waals surface area contributed by atoms with Gasteiger partial charge in [0.2, 0.25) is 11.7 Å². The second-order valence-electron chi connectivity index (χ2n) is 6.59. The van der Waals surface area contributed by atoms with Crippen molar-refractivity contribution in [1.29, 1.82) is 0 Å². The van der Waals surface area contributed by atoms with Gasteiger partial charge in [0.15, 0.2) is 11.7 Å². The van der Waals surface area contributed by atoms with Crippen molar-refractivity contribution in [3.05, 3.63) is 65.7 Å². The number of aliphatic imine (C=N–C) groups is 1. The maximum atomic E-state index is 12.9. The zero-order chi connectivity index (χ0) is 20.4. The first kappa shape index (κ1) is 18.6. The third-order valence-corrected chi connectivity index (χ3v) is 4.53. The van der Waals surface area contributed by atoms with Crippen LogP contribution >= 0.6 is 0 Å². The van der Waals surface area contributed by atoms with Gasteiger partial charge < -0.3 is 14.5 Å². The maximum Gasteiger partial charge on any atom is 0.326 e. The van der Waals surface area contributed by atoms with E-state index in [-0.39, 0.29) is 18.3 Å². The number of ketones is 1. The highest BCUT2D eigenvalue weighted by atomic mass is 16.5. The molecule has 4 rings (SSSR count). The summed E-state index contributed by atoms with van der Waals surface area (Å²) < 4.78 is 10.8. The molecule has 2 aromatic heterocycles. The maximum absolute atomic E-state index is 12.9. The lowest BCUT2D eigenvalue weighted by Gasteiger charge is -2.06. The van der Waals surface area contributed by atoms with Crippen LogP contribution in [-0.4, -0.2) is 34.2 Å². The van der Waals surface area contributed by atoms with E-state index in [9.17, 15) is 9.59 Å². The number of aryl methyl sites for hydroxylation is 1. The number of esters is 1. The van der Waals surface area contributed by atoms with Crippen LogP contribution in [-0.2, 0) is 19.1 Å². The molecule has 1 aliphatic heterocycles. The number of pyridine rings is 1. The standard InChI is InChI=1S/C22H19N3O4/c1-3-28-22(27)18-19(26)17(11-14-12-24-20-16(14)5-4-10-23-20)29-21(18)25-15-8-6-13(2)7-9-15/h4-12,18H,3H2,1-2H3,(H,23,24)/b17-11-,25-21?. The number of allylic oxidation sites excluding steroid dienone is 1. The third kappa shape index (κ3) is 3.67. The van der Waals surface area contributed by atoms with E-state index in [1.807, 2.05) is 25.1 Å². The molecule has 7 heteroatoms. The van der Waals surface area contributed by atoms with Crippen molar-refractivity contribution >= 4 is 40.4 Å². The van der Waals surface area contributed by atoms with Crippen molar-refractivity contribution in [1.82, 2.24) is 9.97 Å². The van der Waals surface area contributed by atoms with Crippen molar-refractivity contribution in [2.75, 3.05) is 6.61 Å². The van der Waals surface area contributed by atoms with Gasteiger partial charge in [-0.05, 0) is 44.2 Å². The Hall–Kier alpha value is -3.74. The summed E-state index contributed by atoms with van der Waals surface area (Å²) in [4.78, 5) is 37.0. The molecule has 0 amide bonds. The number of hydrogen-bond acceptors (Lipinski definition) is 6. The molecule has 0 aliphatic carbocycles. The second-order valence-corrected chi connectivity index (χ2v) is 6.59. The highest BCUT2D eigenvalue weighted by Crippen LogP contribution is 2.29. The minimum Gasteiger partial charge on any atom is -0.465 e. The molecule has 0 bridgehead atoms. The van der Waals surface area contributed by atoms with E-state index in [0.717, 1.165) is 16.5 Å². The Labute approximate surface area is 167 Å². The number of aromatic amines is 1. The summed E-state index contributed by atoms with van der Waals surface area (Å²) in [5.41, 5.74) is 3.09. The Balaban J connectivity index is 1.74. The van der Waals surface area contributed by atoms with E-state index in [1.165, 1.54) is 0 Å². The van der Waals surface area contributed by atoms with Gasteiger partial charge in [-0.1, -0.05) is 17.7 Å². The fraction of sp³-hybridized carbons (Fsp3) is 0.182. The molecule has 0 saturated carbocycles. The third-order valence-electron chi connectivity index (χ3n) is 4.53. The fourth-order valence-electron chi connectivity index (χ4n) is 3.08. The molecule has 3 heterocycles. The van der Waals surface area contributed by atoms with Crippen molar-refractivity contribution in [3.63, 3.8) is 0 Å². The van der Waals surface area contributed by atoms with Gasteiger partial charge in [-0.25, -0.2) is 9.98 Å². The summed E-state index contributed by atoms with van der Waals surface area (Å²) in [6.07, 6.45) is 5.00. The number of H-pyrrole nitrogens is 1. The first-order chi connectivity index (χ1) is 14.1. The van der Waals surface area contributed by atoms with E-state index >= 15 is 0 Å². The van der Waals surface area contributed by atoms with Crippen LogP contribution in [0.25, 0.3) is 17.1 Å². The molecule has 1 aromatic carbocycles. The smallest absolute Gasteiger partial charge is 0.326 e. The Morgan fingerprint density at radius 2 is 2.10 bits per heavy atom. The number of benzene rings is 1. The van der Waals surface area contributed by atoms with Crippen LogP contribution in [0, 0.1) is 12.8 Å². The van der Waals surface area contributed by atoms with Gasteiger partial charge >= 0.3 is 5.97 Å². The van der Waals surface area contributed by atoms with Crippen LogP contribution in [0.2, 0.25) is 0 Å². The van der Waals surface area contributed by atoms with Gasteiger partial charge in [0.1, 0.15) is 5.65 Å². The molecule has 146 valence electrons. The number of carbonyl (C=O) groups is 2. The van der Waals surface area contributed by atoms with Gasteiger partial charge in [-0.15, -0.1) is 0 Å². The largest absolute Gasteiger partial charge is 0.465 e. The monoisotopic (exact) mass is 389 g/mol. The zero-order valence-electron chi connectivity index (χ0n) is 16.0. The molecular weight excluding hydrogens is 370 g/mol. The first-order valence-corrected chi connectivity index (χ1v) is 9.24. The minimum atomic E-state index is -1.22. The molecule has 0 spiro atoms. The first-order valence-electron chi connectivity index (χ1n) is 9.24. The molecule has 1 aliphatic rings. The Kier molecular flexibility index (Phi) is 4.95. The van der Waals surface area contributed by atoms with E-state index in [4.69, 9.17) is 9.47 Å². The molecule has 7 nitrogen and oxygen atoms in total. The average molecular weight is 389 g/mol. The van der Waals surface area contributed by atoms with E-state index in [0.29, 0.717) is 11.3 Å². The lowest BCUT2D eigenvalue weighted by Crippen LogP contribution is -2.27. The number of ether oxygens (including phenoxy) is 2. The highest BCUT2D eigenvalue weighted by Gasteiger charge is 2.44. The van der Waals surface area contributed by atoms with Gasteiger partial charge in [0.05, 0.1) is 12.3 Å². The van der Waals surface area contributed by atoms with Crippen LogP contribution in [0.4, 0.5) is 5.69 Å². The number of carbonyl (C=O) groups excluding carboxylic acids is 2. The summed E-state index contributed by atoms with van der Waals surface area (Å²) in [7, 11) is 0. The number of hydrogen-bond donors (Lipinski definition) is 1. The van der Waals surface area contributed by atoms with Crippen molar-refractivity contribution in [3.8, 4) is 0 Å². The summed E-state index contributed by atoms with van der Waals surface area (Å²) in [5, 5.41) is 0.841.